The molecule has 0 spiro atoms. The lowest BCUT2D eigenvalue weighted by Gasteiger charge is -2.14. The van der Waals surface area contributed by atoms with Gasteiger partial charge in [0.25, 0.3) is 18.1 Å². The lowest BCUT2D eigenvalue weighted by molar-refractivity contribution is -0.384. The molecule has 0 aliphatic carbocycles. The van der Waals surface area contributed by atoms with Gasteiger partial charge in [-0.15, -0.1) is 0 Å². The number of nitro benzene ring substituents is 1. The van der Waals surface area contributed by atoms with Crippen molar-refractivity contribution in [2.45, 2.75) is 6.18 Å². The van der Waals surface area contributed by atoms with E-state index in [-0.39, 0.29) is 12.2 Å². The molecule has 0 fully saturated rings. The highest BCUT2D eigenvalue weighted by Crippen LogP contribution is 2.38. The van der Waals surface area contributed by atoms with Crippen LogP contribution in [0.1, 0.15) is 15.9 Å². The summed E-state index contributed by atoms with van der Waals surface area (Å²) in [6, 6.07) is 13.3. The number of ether oxygens (including phenoxy) is 1. The van der Waals surface area contributed by atoms with Crippen LogP contribution in [0.2, 0.25) is 0 Å². The minimum absolute atomic E-state index is 0.137. The van der Waals surface area contributed by atoms with Crippen molar-refractivity contribution in [3.63, 3.8) is 0 Å². The lowest BCUT2D eigenvalue weighted by Crippen LogP contribution is -2.17. The first-order valence-corrected chi connectivity index (χ1v) is 8.81. The van der Waals surface area contributed by atoms with Gasteiger partial charge in [0, 0.05) is 12.1 Å². The number of benzene rings is 3. The second-order valence-electron chi connectivity index (χ2n) is 6.04. The molecule has 172 valence electrons. The van der Waals surface area contributed by atoms with Gasteiger partial charge in [0.15, 0.2) is 17.4 Å². The van der Waals surface area contributed by atoms with E-state index in [2.05, 4.69) is 4.74 Å². The van der Waals surface area contributed by atoms with Crippen LogP contribution in [0, 0.1) is 21.7 Å². The van der Waals surface area contributed by atoms with E-state index in [0.717, 1.165) is 30.3 Å². The van der Waals surface area contributed by atoms with Crippen molar-refractivity contribution in [3.05, 3.63) is 99.6 Å². The molecule has 0 bridgehead atoms. The Kier molecular flexibility index (Phi) is 8.15. The summed E-state index contributed by atoms with van der Waals surface area (Å²) in [5.41, 5.74) is -2.46. The molecular formula is C21H13F5N2O5. The standard InChI is InChI=1S/C15H8F5NO3.C6H5NO2/c16-10-5-2-6-11(12(10)17)21-14(23)8-3-1-4-9(15(18,19)20)13(8)24-7-22;8-7(9)6-4-2-1-3-5-6/h1-7H,(H,21,23);1-5H. The predicted molar refractivity (Wildman–Crippen MR) is 106 cm³/mol. The monoisotopic (exact) mass is 468 g/mol. The summed E-state index contributed by atoms with van der Waals surface area (Å²) in [7, 11) is 0. The fraction of sp³-hybridized carbons (Fsp3) is 0.0476. The van der Waals surface area contributed by atoms with Crippen LogP contribution in [-0.2, 0) is 11.0 Å². The summed E-state index contributed by atoms with van der Waals surface area (Å²) in [4.78, 5) is 32.1. The van der Waals surface area contributed by atoms with E-state index in [0.29, 0.717) is 6.07 Å². The predicted octanol–water partition coefficient (Wildman–Crippen LogP) is 5.37. The minimum atomic E-state index is -4.89. The second kappa shape index (κ2) is 10.8. The number of halogens is 5. The number of nitro groups is 1. The molecule has 0 radical (unpaired) electrons. The number of alkyl halides is 3. The van der Waals surface area contributed by atoms with Crippen LogP contribution >= 0.6 is 0 Å². The Morgan fingerprint density at radius 3 is 2.15 bits per heavy atom. The maximum atomic E-state index is 13.5. The van der Waals surface area contributed by atoms with Crippen molar-refractivity contribution in [3.8, 4) is 5.75 Å². The SMILES string of the molecule is O=COc1c(C(=O)Nc2cccc(F)c2F)cccc1C(F)(F)F.O=[N+]([O-])c1ccccc1. The molecule has 1 amide bonds. The van der Waals surface area contributed by atoms with Crippen LogP contribution in [0.25, 0.3) is 0 Å². The van der Waals surface area contributed by atoms with Crippen LogP contribution < -0.4 is 10.1 Å². The van der Waals surface area contributed by atoms with Crippen molar-refractivity contribution in [2.24, 2.45) is 0 Å². The zero-order valence-electron chi connectivity index (χ0n) is 16.3. The lowest BCUT2D eigenvalue weighted by atomic mass is 10.1. The van der Waals surface area contributed by atoms with Crippen LogP contribution in [-0.4, -0.2) is 17.3 Å². The van der Waals surface area contributed by atoms with Crippen molar-refractivity contribution in [1.82, 2.24) is 0 Å². The molecule has 33 heavy (non-hydrogen) atoms. The fourth-order valence-corrected chi connectivity index (χ4v) is 2.45. The molecule has 1 N–H and O–H groups in total. The molecule has 7 nitrogen and oxygen atoms in total. The summed E-state index contributed by atoms with van der Waals surface area (Å²) in [6.45, 7) is -0.274. The van der Waals surface area contributed by atoms with Gasteiger partial charge in [-0.05, 0) is 24.3 Å². The molecule has 3 aromatic carbocycles. The van der Waals surface area contributed by atoms with Gasteiger partial charge in [-0.1, -0.05) is 30.3 Å². The molecule has 0 heterocycles. The number of hydrogen-bond donors (Lipinski definition) is 1. The highest BCUT2D eigenvalue weighted by atomic mass is 19.4. The largest absolute Gasteiger partial charge is 0.427 e. The third-order valence-electron chi connectivity index (χ3n) is 3.90. The number of carbonyl (C=O) groups excluding carboxylic acids is 2. The van der Waals surface area contributed by atoms with Gasteiger partial charge >= 0.3 is 6.18 Å². The van der Waals surface area contributed by atoms with Crippen molar-refractivity contribution in [2.75, 3.05) is 5.32 Å². The Labute approximate surface area is 182 Å². The van der Waals surface area contributed by atoms with E-state index in [1.165, 1.54) is 12.1 Å². The molecule has 0 aromatic heterocycles. The Hall–Kier alpha value is -4.35. The molecule has 0 unspecified atom stereocenters. The number of non-ortho nitro benzene ring substituents is 1. The van der Waals surface area contributed by atoms with Crippen LogP contribution in [0.15, 0.2) is 66.7 Å². The smallest absolute Gasteiger partial charge is 0.420 e. The number of amides is 1. The summed E-state index contributed by atoms with van der Waals surface area (Å²) in [5.74, 6) is -4.87. The van der Waals surface area contributed by atoms with E-state index in [1.807, 2.05) is 5.32 Å². The molecule has 0 saturated carbocycles. The van der Waals surface area contributed by atoms with Crippen LogP contribution in [0.3, 0.4) is 0 Å². The van der Waals surface area contributed by atoms with Crippen LogP contribution in [0.4, 0.5) is 33.3 Å². The van der Waals surface area contributed by atoms with Gasteiger partial charge in [-0.3, -0.25) is 19.7 Å². The minimum Gasteiger partial charge on any atom is -0.427 e. The number of hydrogen-bond acceptors (Lipinski definition) is 5. The maximum absolute atomic E-state index is 13.5. The average molecular weight is 468 g/mol. The number of nitrogens with one attached hydrogen (secondary N) is 1. The van der Waals surface area contributed by atoms with Gasteiger partial charge in [-0.25, -0.2) is 8.78 Å². The average Bonchev–Trinajstić information content (AvgIpc) is 2.77. The summed E-state index contributed by atoms with van der Waals surface area (Å²) in [6.07, 6.45) is -4.89. The van der Waals surface area contributed by atoms with Crippen LogP contribution in [0.5, 0.6) is 5.75 Å². The van der Waals surface area contributed by atoms with Gasteiger partial charge in [0.2, 0.25) is 0 Å². The Morgan fingerprint density at radius 1 is 0.970 bits per heavy atom. The zero-order chi connectivity index (χ0) is 24.6. The number of carbonyl (C=O) groups is 2. The van der Waals surface area contributed by atoms with E-state index in [1.54, 1.807) is 18.2 Å². The molecular weight excluding hydrogens is 455 g/mol. The van der Waals surface area contributed by atoms with Crippen molar-refractivity contribution < 1.29 is 41.2 Å². The molecule has 3 rings (SSSR count). The van der Waals surface area contributed by atoms with E-state index in [4.69, 9.17) is 0 Å². The Morgan fingerprint density at radius 2 is 1.61 bits per heavy atom. The normalized spacial score (nSPS) is 10.5. The zero-order valence-corrected chi connectivity index (χ0v) is 16.3. The Bertz CT molecular complexity index is 1150. The first kappa shape index (κ1) is 24.9. The summed E-state index contributed by atoms with van der Waals surface area (Å²) < 4.78 is 69.7. The van der Waals surface area contributed by atoms with Crippen molar-refractivity contribution in [1.29, 1.82) is 0 Å². The third kappa shape index (κ3) is 6.56. The third-order valence-corrected chi connectivity index (χ3v) is 3.90. The molecule has 0 saturated heterocycles. The Balaban J connectivity index is 0.000000357. The maximum Gasteiger partial charge on any atom is 0.420 e. The molecule has 3 aromatic rings. The number of rotatable bonds is 5. The van der Waals surface area contributed by atoms with Gasteiger partial charge in [0.05, 0.1) is 21.7 Å². The fourth-order valence-electron chi connectivity index (χ4n) is 2.45. The highest BCUT2D eigenvalue weighted by molar-refractivity contribution is 6.06. The number of anilines is 1. The topological polar surface area (TPSA) is 98.5 Å². The second-order valence-corrected chi connectivity index (χ2v) is 6.04. The van der Waals surface area contributed by atoms with Gasteiger partial charge in [0.1, 0.15) is 0 Å². The van der Waals surface area contributed by atoms with Crippen molar-refractivity contribution >= 4 is 23.8 Å². The van der Waals surface area contributed by atoms with E-state index in [9.17, 15) is 41.7 Å². The van der Waals surface area contributed by atoms with Gasteiger partial charge in [-0.2, -0.15) is 13.2 Å². The summed E-state index contributed by atoms with van der Waals surface area (Å²) >= 11 is 0. The number of nitrogens with zero attached hydrogens (tertiary/aromatic N) is 1. The molecule has 0 atom stereocenters. The highest BCUT2D eigenvalue weighted by Gasteiger charge is 2.36. The quantitative estimate of drug-likeness (QED) is 0.235. The molecule has 0 aliphatic heterocycles. The summed E-state index contributed by atoms with van der Waals surface area (Å²) in [5, 5.41) is 11.9. The first-order chi connectivity index (χ1) is 15.6. The first-order valence-electron chi connectivity index (χ1n) is 8.81. The van der Waals surface area contributed by atoms with Gasteiger partial charge < -0.3 is 10.1 Å². The van der Waals surface area contributed by atoms with E-state index < -0.39 is 51.2 Å². The van der Waals surface area contributed by atoms with E-state index >= 15 is 0 Å². The number of para-hydroxylation sites is 2. The molecule has 0 aliphatic rings. The molecule has 12 heteroatoms.